The number of hydrogen-bond acceptors (Lipinski definition) is 6. The molecule has 1 aliphatic rings. The fourth-order valence-electron chi connectivity index (χ4n) is 4.86. The number of hydrogen-bond donors (Lipinski definition) is 3. The van der Waals surface area contributed by atoms with Gasteiger partial charge in [0.05, 0.1) is 22.6 Å². The van der Waals surface area contributed by atoms with E-state index in [-0.39, 0.29) is 34.0 Å². The molecule has 2 aromatic heterocycles. The standard InChI is InChI=1S/C27H27F4N7O/c1-15(39)34-22-11-16(7-8-23(22)38-10-9-17(14-38)37(2)3)35-26-33-13-20(27(29,30)31)24(36-26)19-12-32-25-18(19)5-4-6-21(25)28/h4-8,11-13,17,32H,9-10,14H2,1-3H3,(H,34,39)(H,33,35,36)/t17-/m0/s1. The number of alkyl halides is 3. The van der Waals surface area contributed by atoms with Crippen LogP contribution in [0.1, 0.15) is 18.9 Å². The van der Waals surface area contributed by atoms with Crippen molar-refractivity contribution < 1.29 is 22.4 Å². The number of carbonyl (C=O) groups is 1. The fourth-order valence-corrected chi connectivity index (χ4v) is 4.86. The van der Waals surface area contributed by atoms with Gasteiger partial charge in [-0.2, -0.15) is 13.2 Å². The first kappa shape index (κ1) is 26.4. The van der Waals surface area contributed by atoms with E-state index in [0.29, 0.717) is 23.6 Å². The summed E-state index contributed by atoms with van der Waals surface area (Å²) in [6.07, 6.45) is -1.75. The third kappa shape index (κ3) is 5.37. The summed E-state index contributed by atoms with van der Waals surface area (Å²) in [6.45, 7) is 3.02. The summed E-state index contributed by atoms with van der Waals surface area (Å²) in [5, 5.41) is 6.06. The molecule has 0 aliphatic carbocycles. The average Bonchev–Trinajstić information content (AvgIpc) is 3.52. The lowest BCUT2D eigenvalue weighted by Gasteiger charge is -2.24. The number of amides is 1. The van der Waals surface area contributed by atoms with Crippen molar-refractivity contribution in [3.8, 4) is 11.3 Å². The summed E-state index contributed by atoms with van der Waals surface area (Å²) >= 11 is 0. The highest BCUT2D eigenvalue weighted by Crippen LogP contribution is 2.39. The molecule has 204 valence electrons. The molecule has 12 heteroatoms. The first-order valence-electron chi connectivity index (χ1n) is 12.3. The van der Waals surface area contributed by atoms with E-state index in [1.165, 1.54) is 31.3 Å². The zero-order valence-electron chi connectivity index (χ0n) is 21.5. The van der Waals surface area contributed by atoms with Gasteiger partial charge >= 0.3 is 6.18 Å². The molecule has 0 saturated carbocycles. The van der Waals surface area contributed by atoms with Crippen molar-refractivity contribution in [1.82, 2.24) is 19.9 Å². The van der Waals surface area contributed by atoms with Crippen molar-refractivity contribution in [2.24, 2.45) is 0 Å². The van der Waals surface area contributed by atoms with Crippen molar-refractivity contribution in [3.05, 3.63) is 60.2 Å². The molecule has 0 spiro atoms. The van der Waals surface area contributed by atoms with Crippen molar-refractivity contribution in [3.63, 3.8) is 0 Å². The van der Waals surface area contributed by atoms with Crippen LogP contribution in [0.3, 0.4) is 0 Å². The third-order valence-electron chi connectivity index (χ3n) is 6.81. The van der Waals surface area contributed by atoms with E-state index in [1.54, 1.807) is 12.1 Å². The van der Waals surface area contributed by atoms with Gasteiger partial charge in [0, 0.05) is 55.1 Å². The minimum absolute atomic E-state index is 0.0841. The number of benzene rings is 2. The van der Waals surface area contributed by atoms with E-state index < -0.39 is 17.6 Å². The quantitative estimate of drug-likeness (QED) is 0.275. The predicted octanol–water partition coefficient (Wildman–Crippen LogP) is 5.63. The van der Waals surface area contributed by atoms with Crippen LogP contribution < -0.4 is 15.5 Å². The van der Waals surface area contributed by atoms with Crippen LogP contribution >= 0.6 is 0 Å². The molecule has 4 aromatic rings. The van der Waals surface area contributed by atoms with Gasteiger partial charge in [0.15, 0.2) is 0 Å². The van der Waals surface area contributed by atoms with Crippen LogP contribution in [0, 0.1) is 5.82 Å². The van der Waals surface area contributed by atoms with E-state index in [9.17, 15) is 22.4 Å². The Balaban J connectivity index is 1.51. The van der Waals surface area contributed by atoms with Gasteiger partial charge in [0.25, 0.3) is 0 Å². The summed E-state index contributed by atoms with van der Waals surface area (Å²) in [5.41, 5.74) is 0.630. The van der Waals surface area contributed by atoms with Crippen molar-refractivity contribution in [2.75, 3.05) is 42.7 Å². The smallest absolute Gasteiger partial charge is 0.368 e. The molecular weight excluding hydrogens is 514 g/mol. The second-order valence-corrected chi connectivity index (χ2v) is 9.71. The van der Waals surface area contributed by atoms with E-state index in [0.717, 1.165) is 25.2 Å². The van der Waals surface area contributed by atoms with Crippen LogP contribution in [0.2, 0.25) is 0 Å². The Labute approximate surface area is 222 Å². The molecule has 1 fully saturated rings. The number of carbonyl (C=O) groups excluding carboxylic acids is 1. The number of rotatable bonds is 6. The first-order valence-corrected chi connectivity index (χ1v) is 12.3. The number of aromatic nitrogens is 3. The van der Waals surface area contributed by atoms with Crippen molar-refractivity contribution in [2.45, 2.75) is 25.6 Å². The lowest BCUT2D eigenvalue weighted by atomic mass is 10.1. The molecule has 0 unspecified atom stereocenters. The van der Waals surface area contributed by atoms with E-state index in [4.69, 9.17) is 0 Å². The molecule has 1 atom stereocenters. The SMILES string of the molecule is CC(=O)Nc1cc(Nc2ncc(C(F)(F)F)c(-c3c[nH]c4c(F)cccc34)n2)ccc1N1CC[C@H](N(C)C)C1. The van der Waals surface area contributed by atoms with Crippen LogP contribution in [-0.2, 0) is 11.0 Å². The van der Waals surface area contributed by atoms with E-state index in [2.05, 4.69) is 35.4 Å². The van der Waals surface area contributed by atoms with Gasteiger partial charge in [0.2, 0.25) is 11.9 Å². The zero-order chi connectivity index (χ0) is 27.9. The molecule has 3 heterocycles. The summed E-state index contributed by atoms with van der Waals surface area (Å²) in [7, 11) is 4.06. The molecule has 39 heavy (non-hydrogen) atoms. The molecular formula is C27H27F4N7O. The van der Waals surface area contributed by atoms with Gasteiger partial charge in [-0.1, -0.05) is 12.1 Å². The Morgan fingerprint density at radius 2 is 2.00 bits per heavy atom. The number of para-hydroxylation sites is 1. The monoisotopic (exact) mass is 541 g/mol. The van der Waals surface area contributed by atoms with Gasteiger partial charge in [-0.15, -0.1) is 0 Å². The van der Waals surface area contributed by atoms with Crippen LogP contribution in [0.4, 0.5) is 40.6 Å². The molecule has 1 saturated heterocycles. The number of fused-ring (bicyclic) bond motifs is 1. The van der Waals surface area contributed by atoms with E-state index in [1.807, 2.05) is 20.2 Å². The topological polar surface area (TPSA) is 89.2 Å². The number of halogens is 4. The minimum atomic E-state index is -4.73. The second-order valence-electron chi connectivity index (χ2n) is 9.71. The van der Waals surface area contributed by atoms with Crippen molar-refractivity contribution >= 4 is 39.8 Å². The molecule has 8 nitrogen and oxygen atoms in total. The molecule has 1 amide bonds. The number of aromatic amines is 1. The number of nitrogens with one attached hydrogen (secondary N) is 3. The minimum Gasteiger partial charge on any atom is -0.368 e. The summed E-state index contributed by atoms with van der Waals surface area (Å²) < 4.78 is 55.9. The fraction of sp³-hybridized carbons (Fsp3) is 0.296. The summed E-state index contributed by atoms with van der Waals surface area (Å²) in [6, 6.07) is 9.85. The van der Waals surface area contributed by atoms with Crippen LogP contribution in [-0.4, -0.2) is 59.0 Å². The number of likely N-dealkylation sites (N-methyl/N-ethyl adjacent to an activating group) is 1. The second kappa shape index (κ2) is 10.2. The van der Waals surface area contributed by atoms with Gasteiger partial charge in [-0.05, 0) is 44.8 Å². The maximum Gasteiger partial charge on any atom is 0.419 e. The Kier molecular flexibility index (Phi) is 6.89. The Bertz CT molecular complexity index is 1530. The maximum atomic E-state index is 14.2. The molecule has 1 aliphatic heterocycles. The molecule has 0 bridgehead atoms. The molecule has 0 radical (unpaired) electrons. The highest BCUT2D eigenvalue weighted by Gasteiger charge is 2.36. The van der Waals surface area contributed by atoms with E-state index >= 15 is 0 Å². The zero-order valence-corrected chi connectivity index (χ0v) is 21.5. The Morgan fingerprint density at radius 3 is 2.69 bits per heavy atom. The lowest BCUT2D eigenvalue weighted by Crippen LogP contribution is -2.31. The number of nitrogens with zero attached hydrogens (tertiary/aromatic N) is 4. The van der Waals surface area contributed by atoms with Crippen LogP contribution in [0.15, 0.2) is 48.8 Å². The lowest BCUT2D eigenvalue weighted by molar-refractivity contribution is -0.137. The maximum absolute atomic E-state index is 14.2. The molecule has 5 rings (SSSR count). The van der Waals surface area contributed by atoms with Gasteiger partial charge in [-0.25, -0.2) is 14.4 Å². The normalized spacial score (nSPS) is 15.8. The Morgan fingerprint density at radius 1 is 1.21 bits per heavy atom. The summed E-state index contributed by atoms with van der Waals surface area (Å²) in [5.74, 6) is -0.921. The van der Waals surface area contributed by atoms with Gasteiger partial charge in [0.1, 0.15) is 11.4 Å². The van der Waals surface area contributed by atoms with Gasteiger partial charge < -0.3 is 25.4 Å². The first-order chi connectivity index (χ1) is 18.5. The summed E-state index contributed by atoms with van der Waals surface area (Å²) in [4.78, 5) is 27.1. The Hall–Kier alpha value is -4.19. The highest BCUT2D eigenvalue weighted by molar-refractivity contribution is 5.96. The van der Waals surface area contributed by atoms with Crippen LogP contribution in [0.5, 0.6) is 0 Å². The average molecular weight is 542 g/mol. The predicted molar refractivity (Wildman–Crippen MR) is 143 cm³/mol. The largest absolute Gasteiger partial charge is 0.419 e. The number of anilines is 4. The molecule has 3 N–H and O–H groups in total. The van der Waals surface area contributed by atoms with Crippen LogP contribution in [0.25, 0.3) is 22.2 Å². The third-order valence-corrected chi connectivity index (χ3v) is 6.81. The van der Waals surface area contributed by atoms with Gasteiger partial charge in [-0.3, -0.25) is 4.79 Å². The number of H-pyrrole nitrogens is 1. The van der Waals surface area contributed by atoms with Crippen molar-refractivity contribution in [1.29, 1.82) is 0 Å². The molecule has 2 aromatic carbocycles. The highest BCUT2D eigenvalue weighted by atomic mass is 19.4.